The molecule has 0 N–H and O–H groups in total. The van der Waals surface area contributed by atoms with E-state index in [0.717, 1.165) is 15.8 Å². The number of benzene rings is 1. The zero-order valence-electron chi connectivity index (χ0n) is 12.0. The number of hydrogen-bond donors (Lipinski definition) is 0. The van der Waals surface area contributed by atoms with E-state index in [1.54, 1.807) is 30.3 Å². The fourth-order valence-electron chi connectivity index (χ4n) is 1.76. The lowest BCUT2D eigenvalue weighted by Gasteiger charge is -2.11. The third kappa shape index (κ3) is 3.90. The van der Waals surface area contributed by atoms with Crippen LogP contribution in [0.2, 0.25) is 0 Å². The molecule has 1 aromatic carbocycles. The van der Waals surface area contributed by atoms with Crippen LogP contribution in [0.15, 0.2) is 40.9 Å². The molecule has 0 aliphatic heterocycles. The van der Waals surface area contributed by atoms with Crippen molar-refractivity contribution in [1.82, 2.24) is 0 Å². The van der Waals surface area contributed by atoms with E-state index < -0.39 is 12.1 Å². The molecule has 4 nitrogen and oxygen atoms in total. The summed E-state index contributed by atoms with van der Waals surface area (Å²) in [6, 6.07) is 9.93. The summed E-state index contributed by atoms with van der Waals surface area (Å²) in [5, 5.41) is 0. The first-order chi connectivity index (χ1) is 10.4. The van der Waals surface area contributed by atoms with E-state index >= 15 is 0 Å². The van der Waals surface area contributed by atoms with Gasteiger partial charge in [0.1, 0.15) is 4.88 Å². The van der Waals surface area contributed by atoms with Crippen molar-refractivity contribution in [2.24, 2.45) is 0 Å². The molecule has 0 bridgehead atoms. The van der Waals surface area contributed by atoms with Gasteiger partial charge in [0.05, 0.1) is 4.88 Å². The molecule has 1 atom stereocenters. The minimum absolute atomic E-state index is 0.108. The Hall–Kier alpha value is -1.79. The summed E-state index contributed by atoms with van der Waals surface area (Å²) in [7, 11) is 0. The number of halogens is 1. The molecule has 0 saturated heterocycles. The number of carbonyl (C=O) groups is 3. The van der Waals surface area contributed by atoms with E-state index in [1.165, 1.54) is 19.9 Å². The first kappa shape index (κ1) is 16.6. The summed E-state index contributed by atoms with van der Waals surface area (Å²) < 4.78 is 6.04. The van der Waals surface area contributed by atoms with Crippen LogP contribution in [-0.4, -0.2) is 23.6 Å². The Balaban J connectivity index is 2.05. The molecule has 0 aliphatic rings. The van der Waals surface area contributed by atoms with Gasteiger partial charge in [0.25, 0.3) is 0 Å². The predicted molar refractivity (Wildman–Crippen MR) is 87.7 cm³/mol. The predicted octanol–water partition coefficient (Wildman–Crippen LogP) is 4.14. The molecule has 0 radical (unpaired) electrons. The van der Waals surface area contributed by atoms with Gasteiger partial charge in [-0.1, -0.05) is 28.1 Å². The van der Waals surface area contributed by atoms with Crippen LogP contribution in [0.4, 0.5) is 0 Å². The molecule has 0 saturated carbocycles. The lowest BCUT2D eigenvalue weighted by molar-refractivity contribution is 0.0323. The van der Waals surface area contributed by atoms with Crippen LogP contribution < -0.4 is 0 Å². The smallest absolute Gasteiger partial charge is 0.349 e. The monoisotopic (exact) mass is 380 g/mol. The van der Waals surface area contributed by atoms with Gasteiger partial charge in [0, 0.05) is 10.0 Å². The molecule has 2 aromatic rings. The van der Waals surface area contributed by atoms with Crippen LogP contribution in [0.25, 0.3) is 0 Å². The maximum absolute atomic E-state index is 12.2. The Morgan fingerprint density at radius 1 is 1.05 bits per heavy atom. The van der Waals surface area contributed by atoms with Crippen molar-refractivity contribution in [3.8, 4) is 0 Å². The number of ether oxygens (including phenoxy) is 1. The molecule has 1 heterocycles. The van der Waals surface area contributed by atoms with Gasteiger partial charge in [-0.25, -0.2) is 4.79 Å². The number of thiophene rings is 1. The molecule has 22 heavy (non-hydrogen) atoms. The fraction of sp³-hybridized carbons (Fsp3) is 0.188. The van der Waals surface area contributed by atoms with Crippen molar-refractivity contribution < 1.29 is 19.1 Å². The highest BCUT2D eigenvalue weighted by Gasteiger charge is 2.21. The van der Waals surface area contributed by atoms with Crippen LogP contribution in [0.1, 0.15) is 43.5 Å². The average Bonchev–Trinajstić information content (AvgIpc) is 2.97. The largest absolute Gasteiger partial charge is 0.450 e. The highest BCUT2D eigenvalue weighted by Crippen LogP contribution is 2.19. The van der Waals surface area contributed by atoms with Crippen molar-refractivity contribution in [2.75, 3.05) is 0 Å². The molecule has 1 unspecified atom stereocenters. The normalized spacial score (nSPS) is 11.8. The number of ketones is 2. The standard InChI is InChI=1S/C16H13BrO4S/c1-9(18)13-7-8-14(22-13)16(20)21-10(2)15(19)11-3-5-12(17)6-4-11/h3-8,10H,1-2H3. The Bertz CT molecular complexity index is 718. The van der Waals surface area contributed by atoms with Gasteiger partial charge < -0.3 is 4.74 Å². The number of hydrogen-bond acceptors (Lipinski definition) is 5. The molecule has 1 aromatic heterocycles. The van der Waals surface area contributed by atoms with E-state index in [1.807, 2.05) is 0 Å². The van der Waals surface area contributed by atoms with Gasteiger partial charge >= 0.3 is 5.97 Å². The number of carbonyl (C=O) groups excluding carboxylic acids is 3. The van der Waals surface area contributed by atoms with E-state index in [4.69, 9.17) is 4.74 Å². The zero-order valence-corrected chi connectivity index (χ0v) is 14.4. The van der Waals surface area contributed by atoms with Crippen molar-refractivity contribution in [2.45, 2.75) is 20.0 Å². The lowest BCUT2D eigenvalue weighted by Crippen LogP contribution is -2.24. The Kier molecular flexibility index (Phi) is 5.26. The molecule has 0 amide bonds. The summed E-state index contributed by atoms with van der Waals surface area (Å²) in [5.41, 5.74) is 0.471. The summed E-state index contributed by atoms with van der Waals surface area (Å²) in [6.07, 6.45) is -0.892. The molecule has 0 spiro atoms. The summed E-state index contributed by atoms with van der Waals surface area (Å²) in [6.45, 7) is 2.96. The van der Waals surface area contributed by atoms with Gasteiger partial charge in [-0.3, -0.25) is 9.59 Å². The highest BCUT2D eigenvalue weighted by molar-refractivity contribution is 9.10. The van der Waals surface area contributed by atoms with Crippen LogP contribution in [-0.2, 0) is 4.74 Å². The van der Waals surface area contributed by atoms with Crippen LogP contribution in [0.3, 0.4) is 0 Å². The summed E-state index contributed by atoms with van der Waals surface area (Å²) in [4.78, 5) is 36.2. The fourth-order valence-corrected chi connectivity index (χ4v) is 2.81. The van der Waals surface area contributed by atoms with Gasteiger partial charge in [0.2, 0.25) is 5.78 Å². The van der Waals surface area contributed by atoms with Gasteiger partial charge in [-0.2, -0.15) is 0 Å². The maximum atomic E-state index is 12.2. The minimum Gasteiger partial charge on any atom is -0.450 e. The van der Waals surface area contributed by atoms with Crippen molar-refractivity contribution in [3.63, 3.8) is 0 Å². The number of rotatable bonds is 5. The second-order valence-electron chi connectivity index (χ2n) is 4.64. The third-order valence-corrected chi connectivity index (χ3v) is 4.63. The summed E-state index contributed by atoms with van der Waals surface area (Å²) >= 11 is 4.35. The zero-order chi connectivity index (χ0) is 16.3. The first-order valence-electron chi connectivity index (χ1n) is 6.50. The van der Waals surface area contributed by atoms with E-state index in [-0.39, 0.29) is 11.6 Å². The highest BCUT2D eigenvalue weighted by atomic mass is 79.9. The third-order valence-electron chi connectivity index (χ3n) is 2.94. The van der Waals surface area contributed by atoms with Crippen LogP contribution >= 0.6 is 27.3 Å². The SMILES string of the molecule is CC(=O)c1ccc(C(=O)OC(C)C(=O)c2ccc(Br)cc2)s1. The number of esters is 1. The van der Waals surface area contributed by atoms with Crippen molar-refractivity contribution in [3.05, 3.63) is 56.2 Å². The van der Waals surface area contributed by atoms with Crippen LogP contribution in [0, 0.1) is 0 Å². The Morgan fingerprint density at radius 3 is 2.18 bits per heavy atom. The quantitative estimate of drug-likeness (QED) is 0.577. The first-order valence-corrected chi connectivity index (χ1v) is 8.11. The topological polar surface area (TPSA) is 60.4 Å². The van der Waals surface area contributed by atoms with Gasteiger partial charge in [0.15, 0.2) is 11.9 Å². The van der Waals surface area contributed by atoms with Crippen LogP contribution in [0.5, 0.6) is 0 Å². The molecular formula is C16H13BrO4S. The lowest BCUT2D eigenvalue weighted by atomic mass is 10.1. The Morgan fingerprint density at radius 2 is 1.64 bits per heavy atom. The number of Topliss-reactive ketones (excluding diaryl/α,β-unsaturated/α-hetero) is 2. The molecule has 114 valence electrons. The molecule has 6 heteroatoms. The van der Waals surface area contributed by atoms with Gasteiger partial charge in [-0.05, 0) is 38.1 Å². The van der Waals surface area contributed by atoms with Gasteiger partial charge in [-0.15, -0.1) is 11.3 Å². The second kappa shape index (κ2) is 6.98. The van der Waals surface area contributed by atoms with Crippen molar-refractivity contribution in [1.29, 1.82) is 0 Å². The van der Waals surface area contributed by atoms with E-state index in [2.05, 4.69) is 15.9 Å². The average molecular weight is 381 g/mol. The molecule has 2 rings (SSSR count). The Labute approximate surface area is 140 Å². The van der Waals surface area contributed by atoms with Crippen molar-refractivity contribution >= 4 is 44.8 Å². The van der Waals surface area contributed by atoms with E-state index in [9.17, 15) is 14.4 Å². The summed E-state index contributed by atoms with van der Waals surface area (Å²) in [5.74, 6) is -0.984. The molecular weight excluding hydrogens is 368 g/mol. The minimum atomic E-state index is -0.892. The molecule has 0 fully saturated rings. The molecule has 0 aliphatic carbocycles. The second-order valence-corrected chi connectivity index (χ2v) is 6.64. The maximum Gasteiger partial charge on any atom is 0.349 e. The van der Waals surface area contributed by atoms with E-state index in [0.29, 0.717) is 15.3 Å².